The fourth-order valence-corrected chi connectivity index (χ4v) is 1.41. The van der Waals surface area contributed by atoms with E-state index >= 15 is 0 Å². The highest BCUT2D eigenvalue weighted by Gasteiger charge is 2.39. The Morgan fingerprint density at radius 1 is 1.47 bits per heavy atom. The zero-order chi connectivity index (χ0) is 13.2. The summed E-state index contributed by atoms with van der Waals surface area (Å²) in [4.78, 5) is 10.7. The number of benzene rings is 1. The van der Waals surface area contributed by atoms with Crippen LogP contribution < -0.4 is 5.32 Å². The number of halogens is 4. The molecule has 1 amide bonds. The van der Waals surface area contributed by atoms with Gasteiger partial charge in [-0.2, -0.15) is 13.2 Å². The maximum absolute atomic E-state index is 12.0. The van der Waals surface area contributed by atoms with E-state index in [1.807, 2.05) is 0 Å². The van der Waals surface area contributed by atoms with E-state index in [1.165, 1.54) is 25.1 Å². The van der Waals surface area contributed by atoms with Crippen LogP contribution in [0.15, 0.2) is 22.7 Å². The van der Waals surface area contributed by atoms with Crippen molar-refractivity contribution in [2.45, 2.75) is 19.1 Å². The average molecular weight is 312 g/mol. The van der Waals surface area contributed by atoms with Crippen molar-refractivity contribution in [2.75, 3.05) is 0 Å². The Morgan fingerprint density at radius 2 is 2.06 bits per heavy atom. The van der Waals surface area contributed by atoms with Gasteiger partial charge in [-0.15, -0.1) is 0 Å². The van der Waals surface area contributed by atoms with Crippen LogP contribution in [0.5, 0.6) is 5.75 Å². The van der Waals surface area contributed by atoms with E-state index in [0.717, 1.165) is 0 Å². The summed E-state index contributed by atoms with van der Waals surface area (Å²) in [6.07, 6.45) is -4.91. The second-order valence-electron chi connectivity index (χ2n) is 3.40. The molecule has 3 nitrogen and oxygen atoms in total. The minimum atomic E-state index is -4.91. The number of rotatable bonds is 2. The van der Waals surface area contributed by atoms with E-state index < -0.39 is 18.1 Å². The van der Waals surface area contributed by atoms with Gasteiger partial charge in [-0.3, -0.25) is 4.79 Å². The van der Waals surface area contributed by atoms with Crippen LogP contribution in [-0.4, -0.2) is 17.2 Å². The molecule has 7 heteroatoms. The van der Waals surface area contributed by atoms with E-state index in [2.05, 4.69) is 15.9 Å². The summed E-state index contributed by atoms with van der Waals surface area (Å²) < 4.78 is 36.4. The number of carbonyl (C=O) groups is 1. The minimum absolute atomic E-state index is 0.101. The van der Waals surface area contributed by atoms with Crippen LogP contribution in [0, 0.1) is 0 Å². The summed E-state index contributed by atoms with van der Waals surface area (Å²) in [6, 6.07) is 3.43. The molecule has 0 spiro atoms. The number of phenols is 1. The molecule has 0 fully saturated rings. The van der Waals surface area contributed by atoms with Crippen molar-refractivity contribution in [3.05, 3.63) is 28.2 Å². The molecule has 0 saturated carbocycles. The summed E-state index contributed by atoms with van der Waals surface area (Å²) >= 11 is 3.04. The molecule has 2 N–H and O–H groups in total. The molecule has 0 aliphatic carbocycles. The topological polar surface area (TPSA) is 49.3 Å². The van der Waals surface area contributed by atoms with Crippen LogP contribution in [-0.2, 0) is 4.79 Å². The van der Waals surface area contributed by atoms with Crippen LogP contribution in [0.25, 0.3) is 0 Å². The largest absolute Gasteiger partial charge is 0.507 e. The number of amides is 1. The van der Waals surface area contributed by atoms with Gasteiger partial charge in [0.05, 0.1) is 10.5 Å². The van der Waals surface area contributed by atoms with E-state index in [0.29, 0.717) is 10.0 Å². The number of alkyl halides is 3. The molecule has 1 rings (SSSR count). The van der Waals surface area contributed by atoms with Gasteiger partial charge in [-0.1, -0.05) is 6.07 Å². The fraction of sp³-hybridized carbons (Fsp3) is 0.300. The zero-order valence-corrected chi connectivity index (χ0v) is 10.3. The van der Waals surface area contributed by atoms with E-state index in [1.54, 1.807) is 5.32 Å². The SMILES string of the molecule is C[C@@H](NC(=O)C(F)(F)F)c1ccc(Br)c(O)c1. The van der Waals surface area contributed by atoms with Gasteiger partial charge in [0.2, 0.25) is 0 Å². The Bertz CT molecular complexity index is 434. The van der Waals surface area contributed by atoms with Crippen LogP contribution >= 0.6 is 15.9 Å². The first-order valence-corrected chi connectivity index (χ1v) is 5.37. The molecule has 0 heterocycles. The number of nitrogens with one attached hydrogen (secondary N) is 1. The Labute approximate surface area is 104 Å². The molecule has 17 heavy (non-hydrogen) atoms. The number of hydrogen-bond acceptors (Lipinski definition) is 2. The molecule has 0 saturated heterocycles. The second kappa shape index (κ2) is 4.95. The molecular formula is C10H9BrF3NO2. The Hall–Kier alpha value is -1.24. The third kappa shape index (κ3) is 3.62. The number of carbonyl (C=O) groups excluding carboxylic acids is 1. The quantitative estimate of drug-likeness (QED) is 0.882. The highest BCUT2D eigenvalue weighted by atomic mass is 79.9. The van der Waals surface area contributed by atoms with Crippen molar-refractivity contribution in [1.29, 1.82) is 0 Å². The molecule has 1 aromatic carbocycles. The highest BCUT2D eigenvalue weighted by molar-refractivity contribution is 9.10. The van der Waals surface area contributed by atoms with Crippen molar-refractivity contribution >= 4 is 21.8 Å². The molecule has 94 valence electrons. The maximum atomic E-state index is 12.0. The summed E-state index contributed by atoms with van der Waals surface area (Å²) in [7, 11) is 0. The van der Waals surface area contributed by atoms with Crippen LogP contribution in [0.3, 0.4) is 0 Å². The van der Waals surface area contributed by atoms with Crippen LogP contribution in [0.2, 0.25) is 0 Å². The first-order valence-electron chi connectivity index (χ1n) is 4.58. The van der Waals surface area contributed by atoms with Crippen molar-refractivity contribution < 1.29 is 23.1 Å². The van der Waals surface area contributed by atoms with Crippen LogP contribution in [0.1, 0.15) is 18.5 Å². The highest BCUT2D eigenvalue weighted by Crippen LogP contribution is 2.27. The van der Waals surface area contributed by atoms with Crippen LogP contribution in [0.4, 0.5) is 13.2 Å². The normalized spacial score (nSPS) is 13.2. The predicted octanol–water partition coefficient (Wildman–Crippen LogP) is 2.89. The summed E-state index contributed by atoms with van der Waals surface area (Å²) in [5.41, 5.74) is 0.378. The summed E-state index contributed by atoms with van der Waals surface area (Å²) in [6.45, 7) is 1.40. The van der Waals surface area contributed by atoms with Crippen molar-refractivity contribution in [3.63, 3.8) is 0 Å². The number of hydrogen-bond donors (Lipinski definition) is 2. The van der Waals surface area contributed by atoms with Crippen molar-refractivity contribution in [1.82, 2.24) is 5.32 Å². The molecule has 1 atom stereocenters. The summed E-state index contributed by atoms with van der Waals surface area (Å²) in [5, 5.41) is 11.2. The smallest absolute Gasteiger partial charge is 0.471 e. The molecule has 0 aliphatic heterocycles. The summed E-state index contributed by atoms with van der Waals surface area (Å²) in [5.74, 6) is -2.11. The molecule has 0 bridgehead atoms. The third-order valence-electron chi connectivity index (χ3n) is 2.08. The lowest BCUT2D eigenvalue weighted by Crippen LogP contribution is -2.38. The lowest BCUT2D eigenvalue weighted by Gasteiger charge is -2.16. The van der Waals surface area contributed by atoms with Gasteiger partial charge in [0.25, 0.3) is 0 Å². The first-order chi connectivity index (χ1) is 7.71. The van der Waals surface area contributed by atoms with Crippen molar-refractivity contribution in [2.24, 2.45) is 0 Å². The lowest BCUT2D eigenvalue weighted by molar-refractivity contribution is -0.174. The first kappa shape index (κ1) is 13.8. The molecule has 1 aromatic rings. The molecule has 0 radical (unpaired) electrons. The van der Waals surface area contributed by atoms with E-state index in [9.17, 15) is 23.1 Å². The zero-order valence-electron chi connectivity index (χ0n) is 8.68. The van der Waals surface area contributed by atoms with E-state index in [-0.39, 0.29) is 5.75 Å². The molecule has 0 unspecified atom stereocenters. The number of phenolic OH excluding ortho intramolecular Hbond substituents is 1. The Balaban J connectivity index is 2.80. The van der Waals surface area contributed by atoms with Gasteiger partial charge in [0, 0.05) is 0 Å². The van der Waals surface area contributed by atoms with Gasteiger partial charge < -0.3 is 10.4 Å². The molecular weight excluding hydrogens is 303 g/mol. The lowest BCUT2D eigenvalue weighted by atomic mass is 10.1. The van der Waals surface area contributed by atoms with Gasteiger partial charge in [-0.05, 0) is 40.5 Å². The second-order valence-corrected chi connectivity index (χ2v) is 4.26. The maximum Gasteiger partial charge on any atom is 0.471 e. The third-order valence-corrected chi connectivity index (χ3v) is 2.75. The molecule has 0 aromatic heterocycles. The van der Waals surface area contributed by atoms with Gasteiger partial charge in [0.15, 0.2) is 0 Å². The van der Waals surface area contributed by atoms with Gasteiger partial charge in [0.1, 0.15) is 5.75 Å². The molecule has 0 aliphatic rings. The number of aromatic hydroxyl groups is 1. The van der Waals surface area contributed by atoms with Gasteiger partial charge >= 0.3 is 12.1 Å². The van der Waals surface area contributed by atoms with E-state index in [4.69, 9.17) is 0 Å². The fourth-order valence-electron chi connectivity index (χ4n) is 1.16. The average Bonchev–Trinajstić information content (AvgIpc) is 2.20. The monoisotopic (exact) mass is 311 g/mol. The van der Waals surface area contributed by atoms with Gasteiger partial charge in [-0.25, -0.2) is 0 Å². The van der Waals surface area contributed by atoms with Crippen molar-refractivity contribution in [3.8, 4) is 5.75 Å². The standard InChI is InChI=1S/C10H9BrF3NO2/c1-5(15-9(17)10(12,13)14)6-2-3-7(11)8(16)4-6/h2-5,16H,1H3,(H,15,17)/t5-/m1/s1. The predicted molar refractivity (Wildman–Crippen MR) is 58.4 cm³/mol. The minimum Gasteiger partial charge on any atom is -0.507 e. The Kier molecular flexibility index (Phi) is 4.03. The Morgan fingerprint density at radius 3 is 2.53 bits per heavy atom.